The van der Waals surface area contributed by atoms with Gasteiger partial charge in [0.25, 0.3) is 0 Å². The molecule has 0 unspecified atom stereocenters. The van der Waals surface area contributed by atoms with Crippen molar-refractivity contribution in [2.24, 2.45) is 5.73 Å². The molecule has 1 rings (SSSR count). The first kappa shape index (κ1) is 13.9. The van der Waals surface area contributed by atoms with Crippen LogP contribution in [0.25, 0.3) is 0 Å². The Balaban J connectivity index is 2.42. The van der Waals surface area contributed by atoms with E-state index in [0.717, 1.165) is 5.56 Å². The number of hydrogen-bond acceptors (Lipinski definition) is 3. The molecular formula is C11H13ClN2O2S. The van der Waals surface area contributed by atoms with E-state index in [0.29, 0.717) is 10.8 Å². The summed E-state index contributed by atoms with van der Waals surface area (Å²) in [5, 5.41) is 2.39. The molecule has 1 aromatic rings. The molecule has 3 N–H and O–H groups in total. The van der Waals surface area contributed by atoms with Crippen molar-refractivity contribution in [1.82, 2.24) is 5.32 Å². The van der Waals surface area contributed by atoms with Crippen LogP contribution < -0.4 is 11.1 Å². The van der Waals surface area contributed by atoms with E-state index < -0.39 is 6.03 Å². The normalized spacial score (nSPS) is 11.9. The topological polar surface area (TPSA) is 72.2 Å². The lowest BCUT2D eigenvalue weighted by molar-refractivity contribution is -0.119. The van der Waals surface area contributed by atoms with Crippen LogP contribution in [0.5, 0.6) is 0 Å². The Morgan fingerprint density at radius 2 is 2.00 bits per heavy atom. The van der Waals surface area contributed by atoms with E-state index in [1.54, 1.807) is 19.1 Å². The molecule has 0 aliphatic carbocycles. The minimum Gasteiger partial charge on any atom is -0.351 e. The molecule has 3 amide bonds. The lowest BCUT2D eigenvalue weighted by Gasteiger charge is -2.09. The number of thioether (sulfide) groups is 1. The van der Waals surface area contributed by atoms with Gasteiger partial charge in [-0.15, -0.1) is 11.8 Å². The van der Waals surface area contributed by atoms with Crippen molar-refractivity contribution in [3.63, 3.8) is 0 Å². The molecule has 0 spiro atoms. The summed E-state index contributed by atoms with van der Waals surface area (Å²) in [5.41, 5.74) is 5.93. The maximum absolute atomic E-state index is 11.4. The fourth-order valence-corrected chi connectivity index (χ4v) is 2.07. The van der Waals surface area contributed by atoms with Gasteiger partial charge in [-0.25, -0.2) is 4.79 Å². The van der Waals surface area contributed by atoms with E-state index in [-0.39, 0.29) is 11.2 Å². The van der Waals surface area contributed by atoms with E-state index in [9.17, 15) is 9.59 Å². The SMILES string of the molecule is C[C@H](SCc1ccc(Cl)cc1)C(=O)NC(N)=O. The van der Waals surface area contributed by atoms with Crippen LogP contribution in [-0.4, -0.2) is 17.2 Å². The number of urea groups is 1. The number of benzene rings is 1. The van der Waals surface area contributed by atoms with Crippen LogP contribution in [0, 0.1) is 0 Å². The molecule has 17 heavy (non-hydrogen) atoms. The minimum absolute atomic E-state index is 0.335. The number of amides is 3. The average molecular weight is 273 g/mol. The Hall–Kier alpha value is -1.20. The molecular weight excluding hydrogens is 260 g/mol. The van der Waals surface area contributed by atoms with Crippen molar-refractivity contribution in [1.29, 1.82) is 0 Å². The molecule has 92 valence electrons. The number of rotatable bonds is 4. The van der Waals surface area contributed by atoms with Crippen molar-refractivity contribution in [3.8, 4) is 0 Å². The molecule has 0 aromatic heterocycles. The molecule has 0 saturated heterocycles. The number of carbonyl (C=O) groups excluding carboxylic acids is 2. The Labute approximate surface area is 109 Å². The number of nitrogens with one attached hydrogen (secondary N) is 1. The van der Waals surface area contributed by atoms with Crippen molar-refractivity contribution < 1.29 is 9.59 Å². The summed E-state index contributed by atoms with van der Waals surface area (Å²) in [5.74, 6) is 0.293. The van der Waals surface area contributed by atoms with Crippen molar-refractivity contribution in [2.75, 3.05) is 0 Å². The van der Waals surface area contributed by atoms with E-state index >= 15 is 0 Å². The van der Waals surface area contributed by atoms with Crippen LogP contribution in [0.15, 0.2) is 24.3 Å². The van der Waals surface area contributed by atoms with Crippen LogP contribution >= 0.6 is 23.4 Å². The van der Waals surface area contributed by atoms with Gasteiger partial charge < -0.3 is 5.73 Å². The number of carbonyl (C=O) groups is 2. The fraction of sp³-hybridized carbons (Fsp3) is 0.273. The third-order valence-corrected chi connectivity index (χ3v) is 3.49. The van der Waals surface area contributed by atoms with Crippen molar-refractivity contribution in [2.45, 2.75) is 17.9 Å². The third-order valence-electron chi connectivity index (χ3n) is 2.03. The van der Waals surface area contributed by atoms with Gasteiger partial charge in [0.1, 0.15) is 0 Å². The summed E-state index contributed by atoms with van der Waals surface area (Å²) in [6.07, 6.45) is 0. The zero-order valence-electron chi connectivity index (χ0n) is 9.27. The molecule has 1 aromatic carbocycles. The van der Waals surface area contributed by atoms with Gasteiger partial charge in [0.05, 0.1) is 5.25 Å². The predicted octanol–water partition coefficient (Wildman–Crippen LogP) is 2.16. The highest BCUT2D eigenvalue weighted by atomic mass is 35.5. The highest BCUT2D eigenvalue weighted by molar-refractivity contribution is 7.99. The monoisotopic (exact) mass is 272 g/mol. The number of primary amides is 1. The van der Waals surface area contributed by atoms with Crippen molar-refractivity contribution in [3.05, 3.63) is 34.9 Å². The van der Waals surface area contributed by atoms with Crippen LogP contribution in [0.1, 0.15) is 12.5 Å². The molecule has 1 atom stereocenters. The van der Waals surface area contributed by atoms with Gasteiger partial charge in [0, 0.05) is 10.8 Å². The molecule has 0 aliphatic rings. The second-order valence-corrected chi connectivity index (χ2v) is 5.20. The predicted molar refractivity (Wildman–Crippen MR) is 69.9 cm³/mol. The number of hydrogen-bond donors (Lipinski definition) is 2. The quantitative estimate of drug-likeness (QED) is 0.882. The van der Waals surface area contributed by atoms with Gasteiger partial charge in [-0.1, -0.05) is 23.7 Å². The largest absolute Gasteiger partial charge is 0.351 e. The first-order valence-corrected chi connectivity index (χ1v) is 6.38. The van der Waals surface area contributed by atoms with Gasteiger partial charge in [-0.3, -0.25) is 10.1 Å². The lowest BCUT2D eigenvalue weighted by atomic mass is 10.2. The summed E-state index contributed by atoms with van der Waals surface area (Å²) in [7, 11) is 0. The molecule has 0 aliphatic heterocycles. The summed E-state index contributed by atoms with van der Waals surface area (Å²) in [6, 6.07) is 6.56. The number of imide groups is 1. The molecule has 0 saturated carbocycles. The minimum atomic E-state index is -0.825. The molecule has 0 bridgehead atoms. The zero-order chi connectivity index (χ0) is 12.8. The second kappa shape index (κ2) is 6.51. The molecule has 0 heterocycles. The number of halogens is 1. The highest BCUT2D eigenvalue weighted by Crippen LogP contribution is 2.19. The molecule has 4 nitrogen and oxygen atoms in total. The summed E-state index contributed by atoms with van der Waals surface area (Å²) in [4.78, 5) is 21.9. The lowest BCUT2D eigenvalue weighted by Crippen LogP contribution is -2.39. The smallest absolute Gasteiger partial charge is 0.318 e. The van der Waals surface area contributed by atoms with Crippen LogP contribution in [-0.2, 0) is 10.5 Å². The molecule has 0 fully saturated rings. The Morgan fingerprint density at radius 1 is 1.41 bits per heavy atom. The molecule has 6 heteroatoms. The van der Waals surface area contributed by atoms with Gasteiger partial charge >= 0.3 is 6.03 Å². The van der Waals surface area contributed by atoms with Gasteiger partial charge in [0.15, 0.2) is 0 Å². The number of nitrogens with two attached hydrogens (primary N) is 1. The van der Waals surface area contributed by atoms with Gasteiger partial charge in [0.2, 0.25) is 5.91 Å². The van der Waals surface area contributed by atoms with Crippen LogP contribution in [0.2, 0.25) is 5.02 Å². The average Bonchev–Trinajstić information content (AvgIpc) is 2.27. The van der Waals surface area contributed by atoms with Gasteiger partial charge in [-0.05, 0) is 24.6 Å². The highest BCUT2D eigenvalue weighted by Gasteiger charge is 2.14. The summed E-state index contributed by atoms with van der Waals surface area (Å²) >= 11 is 7.18. The van der Waals surface area contributed by atoms with Crippen molar-refractivity contribution >= 4 is 35.3 Å². The van der Waals surface area contributed by atoms with Crippen LogP contribution in [0.3, 0.4) is 0 Å². The Morgan fingerprint density at radius 3 is 2.53 bits per heavy atom. The van der Waals surface area contributed by atoms with E-state index in [4.69, 9.17) is 17.3 Å². The Bertz CT molecular complexity index is 408. The zero-order valence-corrected chi connectivity index (χ0v) is 10.8. The fourth-order valence-electron chi connectivity index (χ4n) is 1.10. The third kappa shape index (κ3) is 5.10. The van der Waals surface area contributed by atoms with Crippen LogP contribution in [0.4, 0.5) is 4.79 Å². The maximum atomic E-state index is 11.4. The standard InChI is InChI=1S/C11H13ClN2O2S/c1-7(10(15)14-11(13)16)17-6-8-2-4-9(12)5-3-8/h2-5,7H,6H2,1H3,(H3,13,14,15,16)/t7-/m0/s1. The van der Waals surface area contributed by atoms with E-state index in [1.165, 1.54) is 11.8 Å². The maximum Gasteiger partial charge on any atom is 0.318 e. The Kier molecular flexibility index (Phi) is 5.31. The first-order valence-electron chi connectivity index (χ1n) is 4.95. The second-order valence-electron chi connectivity index (χ2n) is 3.43. The summed E-state index contributed by atoms with van der Waals surface area (Å²) in [6.45, 7) is 1.72. The van der Waals surface area contributed by atoms with Gasteiger partial charge in [-0.2, -0.15) is 0 Å². The van der Waals surface area contributed by atoms with E-state index in [1.807, 2.05) is 17.4 Å². The first-order chi connectivity index (χ1) is 7.99. The van der Waals surface area contributed by atoms with E-state index in [2.05, 4.69) is 0 Å². The summed E-state index contributed by atoms with van der Waals surface area (Å²) < 4.78 is 0. The molecule has 0 radical (unpaired) electrons.